The lowest BCUT2D eigenvalue weighted by atomic mass is 10.1. The largest absolute Gasteiger partial charge is 0.489 e. The number of carbonyl (C=O) groups is 1. The van der Waals surface area contributed by atoms with E-state index < -0.39 is 0 Å². The third kappa shape index (κ3) is 6.86. The lowest BCUT2D eigenvalue weighted by Crippen LogP contribution is -2.24. The predicted octanol–water partition coefficient (Wildman–Crippen LogP) is 5.37. The Kier molecular flexibility index (Phi) is 7.68. The molecule has 3 aromatic rings. The highest BCUT2D eigenvalue weighted by Gasteiger charge is 2.06. The lowest BCUT2D eigenvalue weighted by Gasteiger charge is -2.09. The summed E-state index contributed by atoms with van der Waals surface area (Å²) < 4.78 is 11.3. The fourth-order valence-electron chi connectivity index (χ4n) is 2.85. The van der Waals surface area contributed by atoms with Crippen LogP contribution in [0.2, 0.25) is 5.02 Å². The van der Waals surface area contributed by atoms with E-state index in [1.807, 2.05) is 38.1 Å². The molecule has 0 aliphatic heterocycles. The first-order valence-corrected chi connectivity index (χ1v) is 10.3. The van der Waals surface area contributed by atoms with Gasteiger partial charge in [0.1, 0.15) is 18.1 Å². The van der Waals surface area contributed by atoms with Gasteiger partial charge in [-0.1, -0.05) is 41.4 Å². The molecule has 0 aromatic heterocycles. The van der Waals surface area contributed by atoms with E-state index >= 15 is 0 Å². The molecule has 0 saturated heterocycles. The molecule has 0 radical (unpaired) electrons. The Morgan fingerprint density at radius 3 is 2.23 bits per heavy atom. The van der Waals surface area contributed by atoms with Gasteiger partial charge in [0.2, 0.25) is 0 Å². The minimum atomic E-state index is -0.348. The third-order valence-electron chi connectivity index (χ3n) is 4.59. The molecule has 0 heterocycles. The normalized spacial score (nSPS) is 10.8. The average Bonchev–Trinajstić information content (AvgIpc) is 2.76. The Morgan fingerprint density at radius 2 is 1.58 bits per heavy atom. The van der Waals surface area contributed by atoms with Gasteiger partial charge in [-0.2, -0.15) is 5.10 Å². The number of aryl methyl sites for hydroxylation is 3. The average molecular weight is 437 g/mol. The number of benzene rings is 3. The SMILES string of the molecule is Cc1ccc(COc2ccc(/C=N/NC(=O)COc3cc(C)c(Cl)c(C)c3)cc2)cc1. The van der Waals surface area contributed by atoms with Crippen molar-refractivity contribution in [2.75, 3.05) is 6.61 Å². The second-order valence-electron chi connectivity index (χ2n) is 7.30. The maximum Gasteiger partial charge on any atom is 0.277 e. The number of nitrogens with one attached hydrogen (secondary N) is 1. The summed E-state index contributed by atoms with van der Waals surface area (Å²) in [6.45, 7) is 6.22. The van der Waals surface area contributed by atoms with Gasteiger partial charge in [-0.3, -0.25) is 4.79 Å². The van der Waals surface area contributed by atoms with Gasteiger partial charge in [-0.25, -0.2) is 5.43 Å². The van der Waals surface area contributed by atoms with Gasteiger partial charge in [0.15, 0.2) is 6.61 Å². The second-order valence-corrected chi connectivity index (χ2v) is 7.67. The Labute approximate surface area is 187 Å². The summed E-state index contributed by atoms with van der Waals surface area (Å²) in [6, 6.07) is 19.3. The van der Waals surface area contributed by atoms with Crippen LogP contribution in [0.15, 0.2) is 65.8 Å². The predicted molar refractivity (Wildman–Crippen MR) is 124 cm³/mol. The number of rotatable bonds is 8. The smallest absolute Gasteiger partial charge is 0.277 e. The summed E-state index contributed by atoms with van der Waals surface area (Å²) in [4.78, 5) is 11.9. The second kappa shape index (κ2) is 10.6. The molecule has 0 unspecified atom stereocenters. The fraction of sp³-hybridized carbons (Fsp3) is 0.200. The van der Waals surface area contributed by atoms with Crippen LogP contribution in [-0.4, -0.2) is 18.7 Å². The van der Waals surface area contributed by atoms with Crippen LogP contribution in [0.5, 0.6) is 11.5 Å². The van der Waals surface area contributed by atoms with Crippen molar-refractivity contribution in [2.24, 2.45) is 5.10 Å². The van der Waals surface area contributed by atoms with Crippen molar-refractivity contribution in [1.82, 2.24) is 5.43 Å². The van der Waals surface area contributed by atoms with E-state index in [1.54, 1.807) is 18.3 Å². The molecular formula is C25H25ClN2O3. The van der Waals surface area contributed by atoms with Crippen LogP contribution < -0.4 is 14.9 Å². The van der Waals surface area contributed by atoms with Crippen LogP contribution in [0.3, 0.4) is 0 Å². The number of ether oxygens (including phenoxy) is 2. The summed E-state index contributed by atoms with van der Waals surface area (Å²) in [5.74, 6) is 1.02. The minimum Gasteiger partial charge on any atom is -0.489 e. The summed E-state index contributed by atoms with van der Waals surface area (Å²) >= 11 is 6.14. The van der Waals surface area contributed by atoms with Gasteiger partial charge in [0.25, 0.3) is 5.91 Å². The van der Waals surface area contributed by atoms with Crippen LogP contribution in [-0.2, 0) is 11.4 Å². The zero-order valence-corrected chi connectivity index (χ0v) is 18.6. The standard InChI is InChI=1S/C25H25ClN2O3/c1-17-4-6-21(7-5-17)15-30-22-10-8-20(9-11-22)14-27-28-24(29)16-31-23-12-18(2)25(26)19(3)13-23/h4-14H,15-16H2,1-3H3,(H,28,29)/b27-14+. The van der Waals surface area contributed by atoms with Gasteiger partial charge in [-0.15, -0.1) is 0 Å². The van der Waals surface area contributed by atoms with Crippen molar-refractivity contribution < 1.29 is 14.3 Å². The number of hydrogen-bond donors (Lipinski definition) is 1. The highest BCUT2D eigenvalue weighted by atomic mass is 35.5. The van der Waals surface area contributed by atoms with Gasteiger partial charge >= 0.3 is 0 Å². The maximum atomic E-state index is 11.9. The number of nitrogens with zero attached hydrogens (tertiary/aromatic N) is 1. The van der Waals surface area contributed by atoms with E-state index in [9.17, 15) is 4.79 Å². The summed E-state index contributed by atoms with van der Waals surface area (Å²) in [7, 11) is 0. The Hall–Kier alpha value is -3.31. The van der Waals surface area contributed by atoms with Gasteiger partial charge < -0.3 is 9.47 Å². The molecule has 3 aromatic carbocycles. The molecule has 0 bridgehead atoms. The Balaban J connectivity index is 1.43. The van der Waals surface area contributed by atoms with E-state index in [0.29, 0.717) is 17.4 Å². The molecule has 0 spiro atoms. The van der Waals surface area contributed by atoms with Crippen molar-refractivity contribution >= 4 is 23.7 Å². The molecule has 1 N–H and O–H groups in total. The summed E-state index contributed by atoms with van der Waals surface area (Å²) in [6.07, 6.45) is 1.57. The molecule has 5 nitrogen and oxygen atoms in total. The molecule has 1 amide bonds. The lowest BCUT2D eigenvalue weighted by molar-refractivity contribution is -0.123. The highest BCUT2D eigenvalue weighted by molar-refractivity contribution is 6.32. The molecular weight excluding hydrogens is 412 g/mol. The molecule has 0 aliphatic rings. The van der Waals surface area contributed by atoms with Crippen molar-refractivity contribution in [2.45, 2.75) is 27.4 Å². The molecule has 0 atom stereocenters. The number of carbonyl (C=O) groups excluding carboxylic acids is 1. The van der Waals surface area contributed by atoms with E-state index in [1.165, 1.54) is 5.56 Å². The molecule has 6 heteroatoms. The van der Waals surface area contributed by atoms with Crippen LogP contribution in [0.4, 0.5) is 0 Å². The van der Waals surface area contributed by atoms with Crippen LogP contribution >= 0.6 is 11.6 Å². The summed E-state index contributed by atoms with van der Waals surface area (Å²) in [5.41, 5.74) is 7.44. The Morgan fingerprint density at radius 1 is 0.935 bits per heavy atom. The zero-order chi connectivity index (χ0) is 22.2. The summed E-state index contributed by atoms with van der Waals surface area (Å²) in [5, 5.41) is 4.67. The van der Waals surface area contributed by atoms with Crippen LogP contribution in [0.25, 0.3) is 0 Å². The van der Waals surface area contributed by atoms with Crippen LogP contribution in [0, 0.1) is 20.8 Å². The number of hydrogen-bond acceptors (Lipinski definition) is 4. The number of amides is 1. The van der Waals surface area contributed by atoms with E-state index in [0.717, 1.165) is 28.0 Å². The van der Waals surface area contributed by atoms with Gasteiger partial charge in [0, 0.05) is 5.02 Å². The first-order valence-electron chi connectivity index (χ1n) is 9.90. The van der Waals surface area contributed by atoms with Crippen molar-refractivity contribution in [3.05, 3.63) is 93.5 Å². The van der Waals surface area contributed by atoms with E-state index in [4.69, 9.17) is 21.1 Å². The minimum absolute atomic E-state index is 0.135. The van der Waals surface area contributed by atoms with Gasteiger partial charge in [-0.05, 0) is 79.4 Å². The Bertz CT molecular complexity index is 1040. The van der Waals surface area contributed by atoms with E-state index in [2.05, 4.69) is 41.7 Å². The fourth-order valence-corrected chi connectivity index (χ4v) is 2.96. The quantitative estimate of drug-likeness (QED) is 0.381. The number of hydrazone groups is 1. The topological polar surface area (TPSA) is 59.9 Å². The monoisotopic (exact) mass is 436 g/mol. The third-order valence-corrected chi connectivity index (χ3v) is 5.19. The first kappa shape index (κ1) is 22.4. The van der Waals surface area contributed by atoms with Gasteiger partial charge in [0.05, 0.1) is 6.21 Å². The molecule has 3 rings (SSSR count). The van der Waals surface area contributed by atoms with Crippen LogP contribution in [0.1, 0.15) is 27.8 Å². The zero-order valence-electron chi connectivity index (χ0n) is 17.8. The van der Waals surface area contributed by atoms with Crippen molar-refractivity contribution in [3.63, 3.8) is 0 Å². The molecule has 31 heavy (non-hydrogen) atoms. The highest BCUT2D eigenvalue weighted by Crippen LogP contribution is 2.25. The maximum absolute atomic E-state index is 11.9. The molecule has 160 valence electrons. The molecule has 0 aliphatic carbocycles. The first-order chi connectivity index (χ1) is 14.9. The molecule has 0 fully saturated rings. The van der Waals surface area contributed by atoms with Crippen molar-refractivity contribution in [3.8, 4) is 11.5 Å². The number of halogens is 1. The molecule has 0 saturated carbocycles. The van der Waals surface area contributed by atoms with E-state index in [-0.39, 0.29) is 12.5 Å². The van der Waals surface area contributed by atoms with Crippen molar-refractivity contribution in [1.29, 1.82) is 0 Å².